The van der Waals surface area contributed by atoms with E-state index >= 15 is 0 Å². The molecule has 2 aromatic carbocycles. The highest BCUT2D eigenvalue weighted by Crippen LogP contribution is 2.34. The Kier molecular flexibility index (Phi) is 7.19. The van der Waals surface area contributed by atoms with Gasteiger partial charge in [0, 0.05) is 25.2 Å². The number of carbonyl (C=O) groups excluding carboxylic acids is 1. The molecule has 0 aliphatic carbocycles. The van der Waals surface area contributed by atoms with Crippen LogP contribution in [0, 0.1) is 13.8 Å². The van der Waals surface area contributed by atoms with Crippen LogP contribution in [0.1, 0.15) is 35.6 Å². The standard InChI is InChI=1S/C28H31N7O3S/c1-4-24(36)34-11-5-6-22(16-34)35-28-25(27(29)30-17-31-28)26(33-35)21-9-7-20(8-10-21)15-32-39(37,38)23-13-18(2)12-19(3)14-23/h4,7-10,12-14,17,22,32H,1,5-6,11,15-16H2,2-3H3,(H2,29,30,31). The third-order valence-electron chi connectivity index (χ3n) is 6.95. The van der Waals surface area contributed by atoms with Gasteiger partial charge in [0.05, 0.1) is 16.3 Å². The van der Waals surface area contributed by atoms with Gasteiger partial charge in [0.15, 0.2) is 5.65 Å². The maximum atomic E-state index is 12.8. The first-order valence-electron chi connectivity index (χ1n) is 12.7. The van der Waals surface area contributed by atoms with Crippen LogP contribution in [0.25, 0.3) is 22.3 Å². The van der Waals surface area contributed by atoms with E-state index in [0.29, 0.717) is 35.6 Å². The van der Waals surface area contributed by atoms with E-state index in [1.165, 1.54) is 12.4 Å². The molecule has 10 nitrogen and oxygen atoms in total. The Morgan fingerprint density at radius 2 is 1.87 bits per heavy atom. The number of aryl methyl sites for hydroxylation is 2. The Bertz CT molecular complexity index is 1640. The molecule has 39 heavy (non-hydrogen) atoms. The number of sulfonamides is 1. The zero-order valence-electron chi connectivity index (χ0n) is 22.0. The number of benzene rings is 2. The number of nitrogens with one attached hydrogen (secondary N) is 1. The normalized spacial score (nSPS) is 15.9. The van der Waals surface area contributed by atoms with Crippen LogP contribution >= 0.6 is 0 Å². The number of nitrogens with zero attached hydrogens (tertiary/aromatic N) is 5. The number of hydrogen-bond donors (Lipinski definition) is 2. The van der Waals surface area contributed by atoms with Crippen molar-refractivity contribution in [2.75, 3.05) is 18.8 Å². The maximum Gasteiger partial charge on any atom is 0.246 e. The van der Waals surface area contributed by atoms with Gasteiger partial charge in [0.1, 0.15) is 17.8 Å². The lowest BCUT2D eigenvalue weighted by molar-refractivity contribution is -0.127. The lowest BCUT2D eigenvalue weighted by Gasteiger charge is -2.32. The molecule has 1 aliphatic rings. The van der Waals surface area contributed by atoms with Crippen molar-refractivity contribution in [3.05, 3.63) is 78.1 Å². The zero-order valence-corrected chi connectivity index (χ0v) is 22.8. The van der Waals surface area contributed by atoms with Gasteiger partial charge in [-0.2, -0.15) is 5.10 Å². The van der Waals surface area contributed by atoms with Crippen molar-refractivity contribution >= 4 is 32.8 Å². The first-order valence-corrected chi connectivity index (χ1v) is 14.2. The summed E-state index contributed by atoms with van der Waals surface area (Å²) in [5.41, 5.74) is 10.9. The van der Waals surface area contributed by atoms with Crippen LogP contribution in [0.2, 0.25) is 0 Å². The van der Waals surface area contributed by atoms with Crippen LogP contribution in [0.4, 0.5) is 5.82 Å². The minimum atomic E-state index is -3.65. The Morgan fingerprint density at radius 3 is 2.56 bits per heavy atom. The van der Waals surface area contributed by atoms with Crippen molar-refractivity contribution in [3.8, 4) is 11.3 Å². The Morgan fingerprint density at radius 1 is 1.15 bits per heavy atom. The van der Waals surface area contributed by atoms with Crippen molar-refractivity contribution < 1.29 is 13.2 Å². The fourth-order valence-electron chi connectivity index (χ4n) is 5.07. The predicted molar refractivity (Wildman–Crippen MR) is 150 cm³/mol. The van der Waals surface area contributed by atoms with Crippen LogP contribution in [-0.4, -0.2) is 52.1 Å². The second-order valence-electron chi connectivity index (χ2n) is 9.88. The molecule has 2 aromatic heterocycles. The molecule has 0 radical (unpaired) electrons. The summed E-state index contributed by atoms with van der Waals surface area (Å²) in [6.45, 7) is 8.68. The van der Waals surface area contributed by atoms with Gasteiger partial charge in [0.2, 0.25) is 15.9 Å². The minimum Gasteiger partial charge on any atom is -0.383 e. The molecule has 3 heterocycles. The number of amides is 1. The van der Waals surface area contributed by atoms with Crippen molar-refractivity contribution in [1.29, 1.82) is 0 Å². The molecule has 1 amide bonds. The molecular weight excluding hydrogens is 514 g/mol. The number of carbonyl (C=O) groups is 1. The third kappa shape index (κ3) is 5.41. The molecule has 1 fully saturated rings. The summed E-state index contributed by atoms with van der Waals surface area (Å²) in [7, 11) is -3.65. The number of likely N-dealkylation sites (tertiary alicyclic amines) is 1. The lowest BCUT2D eigenvalue weighted by atomic mass is 10.1. The first-order chi connectivity index (χ1) is 18.7. The lowest BCUT2D eigenvalue weighted by Crippen LogP contribution is -2.40. The number of nitrogens with two attached hydrogens (primary N) is 1. The number of aromatic nitrogens is 4. The van der Waals surface area contributed by atoms with Gasteiger partial charge in [0.25, 0.3) is 0 Å². The van der Waals surface area contributed by atoms with Crippen LogP contribution in [-0.2, 0) is 21.4 Å². The maximum absolute atomic E-state index is 12.8. The molecule has 1 saturated heterocycles. The summed E-state index contributed by atoms with van der Waals surface area (Å²) < 4.78 is 30.2. The van der Waals surface area contributed by atoms with E-state index in [9.17, 15) is 13.2 Å². The quantitative estimate of drug-likeness (QED) is 0.339. The number of nitrogen functional groups attached to an aromatic ring is 1. The largest absolute Gasteiger partial charge is 0.383 e. The van der Waals surface area contributed by atoms with E-state index in [1.807, 2.05) is 48.9 Å². The van der Waals surface area contributed by atoms with E-state index in [0.717, 1.165) is 35.1 Å². The second kappa shape index (κ2) is 10.6. The van der Waals surface area contributed by atoms with Gasteiger partial charge >= 0.3 is 0 Å². The molecule has 0 spiro atoms. The third-order valence-corrected chi connectivity index (χ3v) is 8.33. The number of rotatable bonds is 7. The summed E-state index contributed by atoms with van der Waals surface area (Å²) in [6.07, 6.45) is 4.44. The summed E-state index contributed by atoms with van der Waals surface area (Å²) in [5, 5.41) is 5.54. The van der Waals surface area contributed by atoms with Gasteiger partial charge in [-0.1, -0.05) is 36.9 Å². The predicted octanol–water partition coefficient (Wildman–Crippen LogP) is 3.52. The molecule has 202 valence electrons. The molecule has 0 saturated carbocycles. The van der Waals surface area contributed by atoms with E-state index in [2.05, 4.69) is 21.3 Å². The van der Waals surface area contributed by atoms with Gasteiger partial charge < -0.3 is 10.6 Å². The molecule has 1 unspecified atom stereocenters. The number of anilines is 1. The molecule has 4 aromatic rings. The van der Waals surface area contributed by atoms with Crippen molar-refractivity contribution in [2.24, 2.45) is 0 Å². The number of hydrogen-bond acceptors (Lipinski definition) is 7. The Balaban J connectivity index is 1.41. The summed E-state index contributed by atoms with van der Waals surface area (Å²) in [5.74, 6) is 0.218. The monoisotopic (exact) mass is 545 g/mol. The number of fused-ring (bicyclic) bond motifs is 1. The average molecular weight is 546 g/mol. The summed E-state index contributed by atoms with van der Waals surface area (Å²) >= 11 is 0. The van der Waals surface area contributed by atoms with E-state index in [-0.39, 0.29) is 23.4 Å². The molecule has 5 rings (SSSR count). The SMILES string of the molecule is C=CC(=O)N1CCCC(n2nc(-c3ccc(CNS(=O)(=O)c4cc(C)cc(C)c4)cc3)c3c(N)ncnc32)C1. The van der Waals surface area contributed by atoms with Crippen molar-refractivity contribution in [3.63, 3.8) is 0 Å². The summed E-state index contributed by atoms with van der Waals surface area (Å²) in [6, 6.07) is 12.7. The van der Waals surface area contributed by atoms with E-state index in [4.69, 9.17) is 10.8 Å². The minimum absolute atomic E-state index is 0.0628. The Hall–Kier alpha value is -4.09. The molecule has 0 bridgehead atoms. The van der Waals surface area contributed by atoms with Crippen LogP contribution in [0.5, 0.6) is 0 Å². The van der Waals surface area contributed by atoms with E-state index < -0.39 is 10.0 Å². The highest BCUT2D eigenvalue weighted by atomic mass is 32.2. The highest BCUT2D eigenvalue weighted by Gasteiger charge is 2.28. The van der Waals surface area contributed by atoms with Gasteiger partial charge in [-0.3, -0.25) is 4.79 Å². The molecule has 1 aliphatic heterocycles. The smallest absolute Gasteiger partial charge is 0.246 e. The average Bonchev–Trinajstić information content (AvgIpc) is 3.32. The molecule has 11 heteroatoms. The summed E-state index contributed by atoms with van der Waals surface area (Å²) in [4.78, 5) is 22.9. The fourth-order valence-corrected chi connectivity index (χ4v) is 6.27. The van der Waals surface area contributed by atoms with Crippen LogP contribution < -0.4 is 10.5 Å². The van der Waals surface area contributed by atoms with Crippen LogP contribution in [0.3, 0.4) is 0 Å². The molecule has 1 atom stereocenters. The Labute approximate surface area is 227 Å². The van der Waals surface area contributed by atoms with Crippen LogP contribution in [0.15, 0.2) is 66.3 Å². The van der Waals surface area contributed by atoms with Gasteiger partial charge in [-0.05, 0) is 61.6 Å². The number of piperidine rings is 1. The topological polar surface area (TPSA) is 136 Å². The van der Waals surface area contributed by atoms with E-state index in [1.54, 1.807) is 17.0 Å². The zero-order chi connectivity index (χ0) is 27.7. The van der Waals surface area contributed by atoms with Gasteiger partial charge in [-0.15, -0.1) is 0 Å². The highest BCUT2D eigenvalue weighted by molar-refractivity contribution is 7.89. The van der Waals surface area contributed by atoms with Crippen molar-refractivity contribution in [1.82, 2.24) is 29.4 Å². The van der Waals surface area contributed by atoms with Crippen molar-refractivity contribution in [2.45, 2.75) is 44.2 Å². The molecule has 3 N–H and O–H groups in total. The second-order valence-corrected chi connectivity index (χ2v) is 11.6. The first kappa shape index (κ1) is 26.5. The fraction of sp³-hybridized carbons (Fsp3) is 0.286. The molecular formula is C28H31N7O3S. The van der Waals surface area contributed by atoms with Gasteiger partial charge in [-0.25, -0.2) is 27.8 Å².